The number of nitrogens with two attached hydrogens (primary N) is 1. The molecule has 6 heteroatoms. The van der Waals surface area contributed by atoms with Gasteiger partial charge < -0.3 is 16.0 Å². The maximum Gasteiger partial charge on any atom is 0.318 e. The van der Waals surface area contributed by atoms with Crippen LogP contribution in [-0.2, 0) is 4.79 Å². The molecule has 0 aromatic carbocycles. The van der Waals surface area contributed by atoms with E-state index in [0.29, 0.717) is 5.92 Å². The molecule has 1 heterocycles. The maximum atomic E-state index is 11.1. The number of hydrogen-bond acceptors (Lipinski definition) is 4. The number of carbonyl (C=O) groups is 2. The minimum atomic E-state index is -0.798. The van der Waals surface area contributed by atoms with Gasteiger partial charge in [0.2, 0.25) is 5.91 Å². The van der Waals surface area contributed by atoms with Crippen LogP contribution in [0.2, 0.25) is 0 Å². The van der Waals surface area contributed by atoms with Gasteiger partial charge in [0.15, 0.2) is 0 Å². The predicted molar refractivity (Wildman–Crippen MR) is 65.4 cm³/mol. The number of piperidine rings is 1. The molecule has 17 heavy (non-hydrogen) atoms. The van der Waals surface area contributed by atoms with Crippen molar-refractivity contribution in [1.82, 2.24) is 15.5 Å². The maximum absolute atomic E-state index is 11.1. The van der Waals surface area contributed by atoms with Crippen molar-refractivity contribution in [3.63, 3.8) is 0 Å². The van der Waals surface area contributed by atoms with E-state index in [4.69, 9.17) is 5.73 Å². The van der Waals surface area contributed by atoms with Gasteiger partial charge in [-0.3, -0.25) is 10.1 Å². The van der Waals surface area contributed by atoms with Crippen LogP contribution in [0.15, 0.2) is 0 Å². The van der Waals surface area contributed by atoms with Crippen molar-refractivity contribution in [2.24, 2.45) is 11.7 Å². The van der Waals surface area contributed by atoms with E-state index < -0.39 is 6.03 Å². The second-order valence-corrected chi connectivity index (χ2v) is 4.42. The Morgan fingerprint density at radius 1 is 1.35 bits per heavy atom. The number of carbonyl (C=O) groups excluding carboxylic acids is 2. The third-order valence-corrected chi connectivity index (χ3v) is 3.14. The quantitative estimate of drug-likeness (QED) is 0.606. The lowest BCUT2D eigenvalue weighted by atomic mass is 9.97. The first kappa shape index (κ1) is 13.9. The molecular formula is C11H22N4O2. The molecular weight excluding hydrogens is 220 g/mol. The Hall–Kier alpha value is -1.14. The van der Waals surface area contributed by atoms with E-state index in [1.165, 1.54) is 0 Å². The van der Waals surface area contributed by atoms with Crippen LogP contribution in [0.5, 0.6) is 0 Å². The van der Waals surface area contributed by atoms with E-state index in [1.807, 2.05) is 5.32 Å². The molecule has 98 valence electrons. The first-order chi connectivity index (χ1) is 8.11. The summed E-state index contributed by atoms with van der Waals surface area (Å²) in [6, 6.07) is -0.798. The molecule has 0 aromatic heterocycles. The Morgan fingerprint density at radius 3 is 2.53 bits per heavy atom. The third-order valence-electron chi connectivity index (χ3n) is 3.14. The second-order valence-electron chi connectivity index (χ2n) is 4.42. The molecule has 1 aliphatic rings. The Kier molecular flexibility index (Phi) is 5.93. The monoisotopic (exact) mass is 242 g/mol. The van der Waals surface area contributed by atoms with E-state index in [9.17, 15) is 9.59 Å². The Morgan fingerprint density at radius 2 is 2.00 bits per heavy atom. The molecule has 6 nitrogen and oxygen atoms in total. The lowest BCUT2D eigenvalue weighted by molar-refractivity contribution is -0.119. The molecule has 1 rings (SSSR count). The highest BCUT2D eigenvalue weighted by atomic mass is 16.2. The van der Waals surface area contributed by atoms with Crippen molar-refractivity contribution in [2.75, 3.05) is 32.7 Å². The van der Waals surface area contributed by atoms with E-state index in [1.54, 1.807) is 0 Å². The van der Waals surface area contributed by atoms with Crippen LogP contribution in [-0.4, -0.2) is 49.6 Å². The predicted octanol–water partition coefficient (Wildman–Crippen LogP) is -0.497. The highest BCUT2D eigenvalue weighted by molar-refractivity contribution is 5.94. The van der Waals surface area contributed by atoms with Crippen LogP contribution in [0.3, 0.4) is 0 Å². The summed E-state index contributed by atoms with van der Waals surface area (Å²) in [4.78, 5) is 23.9. The highest BCUT2D eigenvalue weighted by Crippen LogP contribution is 2.15. The fraction of sp³-hybridized carbons (Fsp3) is 0.818. The average Bonchev–Trinajstić information content (AvgIpc) is 2.29. The fourth-order valence-electron chi connectivity index (χ4n) is 2.08. The normalized spacial score (nSPS) is 17.9. The summed E-state index contributed by atoms with van der Waals surface area (Å²) < 4.78 is 0. The summed E-state index contributed by atoms with van der Waals surface area (Å²) in [6.07, 6.45) is 2.33. The summed E-state index contributed by atoms with van der Waals surface area (Å²) >= 11 is 0. The zero-order valence-corrected chi connectivity index (χ0v) is 10.4. The molecule has 3 amide bonds. The summed E-state index contributed by atoms with van der Waals surface area (Å²) in [7, 11) is 0. The second kappa shape index (κ2) is 7.24. The topological polar surface area (TPSA) is 87.5 Å². The number of imide groups is 1. The van der Waals surface area contributed by atoms with Gasteiger partial charge in [0.25, 0.3) is 0 Å². The summed E-state index contributed by atoms with van der Waals surface area (Å²) in [5.74, 6) is 0.252. The number of likely N-dealkylation sites (tertiary alicyclic amines) is 1. The van der Waals surface area contributed by atoms with Gasteiger partial charge >= 0.3 is 6.03 Å². The lowest BCUT2D eigenvalue weighted by Crippen LogP contribution is -2.43. The number of nitrogens with zero attached hydrogens (tertiary/aromatic N) is 1. The van der Waals surface area contributed by atoms with Crippen molar-refractivity contribution < 1.29 is 9.59 Å². The lowest BCUT2D eigenvalue weighted by Gasteiger charge is -2.31. The molecule has 0 aromatic rings. The van der Waals surface area contributed by atoms with Crippen LogP contribution in [0, 0.1) is 5.92 Å². The molecule has 0 aliphatic carbocycles. The number of nitrogens with one attached hydrogen (secondary N) is 2. The van der Waals surface area contributed by atoms with Crippen molar-refractivity contribution in [1.29, 1.82) is 0 Å². The molecule has 0 bridgehead atoms. The summed E-state index contributed by atoms with van der Waals surface area (Å²) in [6.45, 7) is 6.53. The number of urea groups is 1. The number of amides is 3. The third kappa shape index (κ3) is 5.65. The molecule has 0 spiro atoms. The van der Waals surface area contributed by atoms with Gasteiger partial charge in [-0.05, 0) is 44.9 Å². The molecule has 0 unspecified atom stereocenters. The summed E-state index contributed by atoms with van der Waals surface area (Å²) in [5, 5.41) is 5.08. The van der Waals surface area contributed by atoms with E-state index >= 15 is 0 Å². The van der Waals surface area contributed by atoms with Crippen LogP contribution in [0.4, 0.5) is 4.79 Å². The van der Waals surface area contributed by atoms with Gasteiger partial charge in [-0.15, -0.1) is 0 Å². The first-order valence-electron chi connectivity index (χ1n) is 6.14. The van der Waals surface area contributed by atoms with Crippen molar-refractivity contribution in [3.8, 4) is 0 Å². The number of primary amides is 1. The Labute approximate surface area is 102 Å². The average molecular weight is 242 g/mol. The van der Waals surface area contributed by atoms with Crippen LogP contribution in [0.25, 0.3) is 0 Å². The minimum absolute atomic E-state index is 0.150. The zero-order valence-electron chi connectivity index (χ0n) is 10.4. The largest absolute Gasteiger partial charge is 0.351 e. The molecule has 0 radical (unpaired) electrons. The van der Waals surface area contributed by atoms with Gasteiger partial charge in [-0.25, -0.2) is 4.79 Å². The molecule has 0 saturated carbocycles. The van der Waals surface area contributed by atoms with Gasteiger partial charge in [-0.2, -0.15) is 0 Å². The molecule has 1 aliphatic heterocycles. The molecule has 1 saturated heterocycles. The molecule has 1 fully saturated rings. The van der Waals surface area contributed by atoms with Crippen LogP contribution in [0.1, 0.15) is 19.8 Å². The Balaban J connectivity index is 2.07. The smallest absolute Gasteiger partial charge is 0.318 e. The van der Waals surface area contributed by atoms with Crippen molar-refractivity contribution >= 4 is 11.9 Å². The standard InChI is InChI=1S/C11H22N4O2/c1-2-15-5-3-9(4-6-15)7-13-8-10(16)14-11(12)17/h9,13H,2-8H2,1H3,(H3,12,14,16,17). The van der Waals surface area contributed by atoms with Crippen LogP contribution >= 0.6 is 0 Å². The van der Waals surface area contributed by atoms with Crippen LogP contribution < -0.4 is 16.4 Å². The fourth-order valence-corrected chi connectivity index (χ4v) is 2.08. The molecule has 4 N–H and O–H groups in total. The highest BCUT2D eigenvalue weighted by Gasteiger charge is 2.17. The van der Waals surface area contributed by atoms with Gasteiger partial charge in [0.1, 0.15) is 0 Å². The Bertz CT molecular complexity index is 262. The van der Waals surface area contributed by atoms with Crippen molar-refractivity contribution in [2.45, 2.75) is 19.8 Å². The molecule has 0 atom stereocenters. The minimum Gasteiger partial charge on any atom is -0.351 e. The van der Waals surface area contributed by atoms with Gasteiger partial charge in [0, 0.05) is 0 Å². The van der Waals surface area contributed by atoms with Gasteiger partial charge in [0.05, 0.1) is 6.54 Å². The van der Waals surface area contributed by atoms with Crippen molar-refractivity contribution in [3.05, 3.63) is 0 Å². The number of rotatable bonds is 5. The van der Waals surface area contributed by atoms with E-state index in [2.05, 4.69) is 17.1 Å². The number of hydrogen-bond donors (Lipinski definition) is 3. The zero-order chi connectivity index (χ0) is 12.7. The van der Waals surface area contributed by atoms with Gasteiger partial charge in [-0.1, -0.05) is 6.92 Å². The van der Waals surface area contributed by atoms with E-state index in [0.717, 1.165) is 39.0 Å². The summed E-state index contributed by atoms with van der Waals surface area (Å²) in [5.41, 5.74) is 4.83. The first-order valence-corrected chi connectivity index (χ1v) is 6.14. The van der Waals surface area contributed by atoms with E-state index in [-0.39, 0.29) is 12.5 Å². The SMILES string of the molecule is CCN1CCC(CNCC(=O)NC(N)=O)CC1.